The molecule has 0 aromatic carbocycles. The number of hydrogen-bond acceptors (Lipinski definition) is 3. The molecule has 1 aliphatic carbocycles. The highest BCUT2D eigenvalue weighted by Gasteiger charge is 2.26. The summed E-state index contributed by atoms with van der Waals surface area (Å²) < 4.78 is 6.07. The van der Waals surface area contributed by atoms with Crippen molar-refractivity contribution in [1.82, 2.24) is 10.2 Å². The Labute approximate surface area is 130 Å². The molecule has 3 heteroatoms. The van der Waals surface area contributed by atoms with Crippen molar-refractivity contribution < 1.29 is 4.42 Å². The molecule has 1 saturated carbocycles. The predicted octanol–water partition coefficient (Wildman–Crippen LogP) is 3.95. The lowest BCUT2D eigenvalue weighted by atomic mass is 10.2. The summed E-state index contributed by atoms with van der Waals surface area (Å²) in [4.78, 5) is 2.54. The van der Waals surface area contributed by atoms with Crippen LogP contribution in [0.25, 0.3) is 0 Å². The van der Waals surface area contributed by atoms with Crippen LogP contribution in [-0.2, 0) is 13.1 Å². The first kappa shape index (κ1) is 16.6. The lowest BCUT2D eigenvalue weighted by Gasteiger charge is -2.25. The third kappa shape index (κ3) is 5.48. The number of rotatable bonds is 9. The minimum Gasteiger partial charge on any atom is -0.463 e. The average Bonchev–Trinajstić information content (AvgIpc) is 3.13. The van der Waals surface area contributed by atoms with Gasteiger partial charge in [-0.1, -0.05) is 13.8 Å². The Morgan fingerprint density at radius 3 is 2.57 bits per heavy atom. The first-order valence-electron chi connectivity index (χ1n) is 8.48. The lowest BCUT2D eigenvalue weighted by Crippen LogP contribution is -2.32. The second-order valence-corrected chi connectivity index (χ2v) is 7.31. The molecular formula is C18H32N2O. The molecule has 21 heavy (non-hydrogen) atoms. The second kappa shape index (κ2) is 7.46. The monoisotopic (exact) mass is 292 g/mol. The zero-order chi connectivity index (χ0) is 15.4. The Morgan fingerprint density at radius 2 is 2.00 bits per heavy atom. The van der Waals surface area contributed by atoms with Crippen molar-refractivity contribution in [3.05, 3.63) is 23.2 Å². The summed E-state index contributed by atoms with van der Waals surface area (Å²) >= 11 is 0. The molecule has 0 unspecified atom stereocenters. The molecule has 120 valence electrons. The van der Waals surface area contributed by atoms with E-state index in [1.807, 2.05) is 0 Å². The minimum absolute atomic E-state index is 0.582. The maximum Gasteiger partial charge on any atom is 0.120 e. The van der Waals surface area contributed by atoms with E-state index in [1.165, 1.54) is 24.9 Å². The van der Waals surface area contributed by atoms with Gasteiger partial charge in [-0.05, 0) is 63.6 Å². The van der Waals surface area contributed by atoms with Gasteiger partial charge in [0.1, 0.15) is 11.5 Å². The van der Waals surface area contributed by atoms with Crippen molar-refractivity contribution in [3.8, 4) is 0 Å². The van der Waals surface area contributed by atoms with Crippen LogP contribution in [0.2, 0.25) is 0 Å². The highest BCUT2D eigenvalue weighted by atomic mass is 16.3. The van der Waals surface area contributed by atoms with Crippen molar-refractivity contribution >= 4 is 0 Å². The van der Waals surface area contributed by atoms with Crippen LogP contribution in [0, 0.1) is 18.8 Å². The Morgan fingerprint density at radius 1 is 1.29 bits per heavy atom. The minimum atomic E-state index is 0.582. The van der Waals surface area contributed by atoms with Gasteiger partial charge < -0.3 is 9.73 Å². The summed E-state index contributed by atoms with van der Waals surface area (Å²) in [7, 11) is 0. The molecule has 0 amide bonds. The molecule has 1 aromatic rings. The topological polar surface area (TPSA) is 28.4 Å². The van der Waals surface area contributed by atoms with E-state index in [0.717, 1.165) is 37.1 Å². The Kier molecular flexibility index (Phi) is 5.88. The third-order valence-corrected chi connectivity index (χ3v) is 4.19. The number of aryl methyl sites for hydroxylation is 1. The standard InChI is InChI=1S/C18H32N2O/c1-13(2)9-19-10-18-15(5)8-17(21-18)12-20(14(3)4)11-16-6-7-16/h8,13-14,16,19H,6-7,9-12H2,1-5H3. The first-order valence-corrected chi connectivity index (χ1v) is 8.48. The van der Waals surface area contributed by atoms with Gasteiger partial charge in [0.25, 0.3) is 0 Å². The molecule has 0 aliphatic heterocycles. The van der Waals surface area contributed by atoms with E-state index in [1.54, 1.807) is 0 Å². The van der Waals surface area contributed by atoms with Crippen LogP contribution < -0.4 is 5.32 Å². The van der Waals surface area contributed by atoms with E-state index in [4.69, 9.17) is 4.42 Å². The van der Waals surface area contributed by atoms with Crippen LogP contribution in [-0.4, -0.2) is 24.0 Å². The second-order valence-electron chi connectivity index (χ2n) is 7.31. The Hall–Kier alpha value is -0.800. The third-order valence-electron chi connectivity index (χ3n) is 4.19. The quantitative estimate of drug-likeness (QED) is 0.747. The smallest absolute Gasteiger partial charge is 0.120 e. The molecule has 1 fully saturated rings. The van der Waals surface area contributed by atoms with Crippen molar-refractivity contribution in [2.75, 3.05) is 13.1 Å². The molecule has 1 N–H and O–H groups in total. The fourth-order valence-corrected chi connectivity index (χ4v) is 2.61. The maximum atomic E-state index is 6.07. The van der Waals surface area contributed by atoms with Crippen molar-refractivity contribution in [3.63, 3.8) is 0 Å². The molecule has 0 bridgehead atoms. The van der Waals surface area contributed by atoms with Crippen LogP contribution in [0.1, 0.15) is 57.6 Å². The zero-order valence-electron chi connectivity index (χ0n) is 14.4. The number of furan rings is 1. The van der Waals surface area contributed by atoms with E-state index in [9.17, 15) is 0 Å². The van der Waals surface area contributed by atoms with Crippen LogP contribution >= 0.6 is 0 Å². The lowest BCUT2D eigenvalue weighted by molar-refractivity contribution is 0.187. The first-order chi connectivity index (χ1) is 9.95. The number of nitrogens with one attached hydrogen (secondary N) is 1. The summed E-state index contributed by atoms with van der Waals surface area (Å²) in [5.41, 5.74) is 1.27. The van der Waals surface area contributed by atoms with E-state index in [0.29, 0.717) is 12.0 Å². The zero-order valence-corrected chi connectivity index (χ0v) is 14.4. The highest BCUT2D eigenvalue weighted by molar-refractivity contribution is 5.20. The van der Waals surface area contributed by atoms with Crippen LogP contribution in [0.15, 0.2) is 10.5 Å². The molecule has 0 atom stereocenters. The molecule has 1 aliphatic rings. The normalized spacial score (nSPS) is 15.6. The predicted molar refractivity (Wildman–Crippen MR) is 88.3 cm³/mol. The Balaban J connectivity index is 1.89. The van der Waals surface area contributed by atoms with Gasteiger partial charge in [0.15, 0.2) is 0 Å². The van der Waals surface area contributed by atoms with E-state index in [2.05, 4.69) is 50.9 Å². The maximum absolute atomic E-state index is 6.07. The summed E-state index contributed by atoms with van der Waals surface area (Å²) in [6, 6.07) is 2.80. The van der Waals surface area contributed by atoms with Gasteiger partial charge in [-0.25, -0.2) is 0 Å². The molecule has 0 saturated heterocycles. The van der Waals surface area contributed by atoms with Gasteiger partial charge >= 0.3 is 0 Å². The molecule has 1 aromatic heterocycles. The molecule has 1 heterocycles. The van der Waals surface area contributed by atoms with E-state index >= 15 is 0 Å². The van der Waals surface area contributed by atoms with Gasteiger partial charge in [-0.15, -0.1) is 0 Å². The fraction of sp³-hybridized carbons (Fsp3) is 0.778. The summed E-state index contributed by atoms with van der Waals surface area (Å²) in [6.45, 7) is 15.2. The van der Waals surface area contributed by atoms with Crippen molar-refractivity contribution in [2.24, 2.45) is 11.8 Å². The molecular weight excluding hydrogens is 260 g/mol. The SMILES string of the molecule is Cc1cc(CN(CC2CC2)C(C)C)oc1CNCC(C)C. The van der Waals surface area contributed by atoms with Gasteiger partial charge in [0, 0.05) is 12.6 Å². The van der Waals surface area contributed by atoms with E-state index in [-0.39, 0.29) is 0 Å². The average molecular weight is 292 g/mol. The largest absolute Gasteiger partial charge is 0.463 e. The molecule has 0 radical (unpaired) electrons. The van der Waals surface area contributed by atoms with E-state index < -0.39 is 0 Å². The van der Waals surface area contributed by atoms with Crippen molar-refractivity contribution in [2.45, 2.75) is 66.6 Å². The number of hydrogen-bond donors (Lipinski definition) is 1. The molecule has 0 spiro atoms. The molecule has 2 rings (SSSR count). The number of nitrogens with zero attached hydrogens (tertiary/aromatic N) is 1. The fourth-order valence-electron chi connectivity index (χ4n) is 2.61. The van der Waals surface area contributed by atoms with Crippen LogP contribution in [0.4, 0.5) is 0 Å². The highest BCUT2D eigenvalue weighted by Crippen LogP contribution is 2.31. The van der Waals surface area contributed by atoms with Crippen molar-refractivity contribution in [1.29, 1.82) is 0 Å². The Bertz CT molecular complexity index is 432. The van der Waals surface area contributed by atoms with Gasteiger partial charge in [0.2, 0.25) is 0 Å². The van der Waals surface area contributed by atoms with Gasteiger partial charge in [-0.3, -0.25) is 4.90 Å². The summed E-state index contributed by atoms with van der Waals surface area (Å²) in [6.07, 6.45) is 2.82. The van der Waals surface area contributed by atoms with Crippen LogP contribution in [0.3, 0.4) is 0 Å². The summed E-state index contributed by atoms with van der Waals surface area (Å²) in [5, 5.41) is 3.47. The van der Waals surface area contributed by atoms with Gasteiger partial charge in [0.05, 0.1) is 13.1 Å². The molecule has 3 nitrogen and oxygen atoms in total. The van der Waals surface area contributed by atoms with Gasteiger partial charge in [-0.2, -0.15) is 0 Å². The summed E-state index contributed by atoms with van der Waals surface area (Å²) in [5.74, 6) is 3.81. The van der Waals surface area contributed by atoms with Crippen LogP contribution in [0.5, 0.6) is 0 Å².